The molecule has 0 aliphatic carbocycles. The maximum atomic E-state index is 5.48. The Labute approximate surface area is 139 Å². The Morgan fingerprint density at radius 2 is 1.92 bits per heavy atom. The highest BCUT2D eigenvalue weighted by atomic mass is 16.3. The number of hydrogen-bond acceptors (Lipinski definition) is 5. The van der Waals surface area contributed by atoms with Gasteiger partial charge in [0.25, 0.3) is 0 Å². The van der Waals surface area contributed by atoms with Gasteiger partial charge in [0.1, 0.15) is 11.6 Å². The Balaban J connectivity index is 1.81. The van der Waals surface area contributed by atoms with Crippen molar-refractivity contribution in [2.24, 2.45) is 0 Å². The zero-order chi connectivity index (χ0) is 16.4. The van der Waals surface area contributed by atoms with E-state index in [9.17, 15) is 0 Å². The summed E-state index contributed by atoms with van der Waals surface area (Å²) >= 11 is 0. The van der Waals surface area contributed by atoms with E-state index in [4.69, 9.17) is 9.40 Å². The summed E-state index contributed by atoms with van der Waals surface area (Å²) in [6.45, 7) is 2.04. The molecule has 24 heavy (non-hydrogen) atoms. The SMILES string of the molecule is C[C@H](Nc1nc(-c2cccnc2)nc2ccccc12)c1ccco1. The van der Waals surface area contributed by atoms with Gasteiger partial charge >= 0.3 is 0 Å². The van der Waals surface area contributed by atoms with Gasteiger partial charge in [-0.05, 0) is 43.3 Å². The van der Waals surface area contributed by atoms with Crippen molar-refractivity contribution >= 4 is 16.7 Å². The van der Waals surface area contributed by atoms with Gasteiger partial charge in [0.15, 0.2) is 5.82 Å². The van der Waals surface area contributed by atoms with Gasteiger partial charge < -0.3 is 9.73 Å². The number of fused-ring (bicyclic) bond motifs is 1. The average molecular weight is 316 g/mol. The van der Waals surface area contributed by atoms with Crippen molar-refractivity contribution in [3.05, 3.63) is 72.9 Å². The summed E-state index contributed by atoms with van der Waals surface area (Å²) in [5.41, 5.74) is 1.78. The van der Waals surface area contributed by atoms with Gasteiger partial charge in [-0.2, -0.15) is 0 Å². The summed E-state index contributed by atoms with van der Waals surface area (Å²) in [7, 11) is 0. The first kappa shape index (κ1) is 14.4. The molecule has 1 aromatic carbocycles. The summed E-state index contributed by atoms with van der Waals surface area (Å²) < 4.78 is 5.48. The molecule has 0 spiro atoms. The van der Waals surface area contributed by atoms with Gasteiger partial charge in [0, 0.05) is 23.3 Å². The van der Waals surface area contributed by atoms with Gasteiger partial charge in [-0.15, -0.1) is 0 Å². The van der Waals surface area contributed by atoms with Crippen LogP contribution in [0.1, 0.15) is 18.7 Å². The third-order valence-electron chi connectivity index (χ3n) is 3.85. The summed E-state index contributed by atoms with van der Waals surface area (Å²) in [6.07, 6.45) is 5.18. The first-order valence-electron chi connectivity index (χ1n) is 7.78. The molecule has 5 nitrogen and oxygen atoms in total. The lowest BCUT2D eigenvalue weighted by Gasteiger charge is -2.15. The quantitative estimate of drug-likeness (QED) is 0.602. The Morgan fingerprint density at radius 1 is 1.00 bits per heavy atom. The number of aromatic nitrogens is 3. The third kappa shape index (κ3) is 2.72. The number of hydrogen-bond donors (Lipinski definition) is 1. The highest BCUT2D eigenvalue weighted by Crippen LogP contribution is 2.27. The van der Waals surface area contributed by atoms with Crippen molar-refractivity contribution in [1.82, 2.24) is 15.0 Å². The zero-order valence-corrected chi connectivity index (χ0v) is 13.2. The highest BCUT2D eigenvalue weighted by Gasteiger charge is 2.13. The minimum absolute atomic E-state index is 0.0000504. The summed E-state index contributed by atoms with van der Waals surface area (Å²) in [5, 5.41) is 4.41. The predicted molar refractivity (Wildman–Crippen MR) is 93.5 cm³/mol. The molecule has 0 bridgehead atoms. The van der Waals surface area contributed by atoms with E-state index in [2.05, 4.69) is 15.3 Å². The summed E-state index contributed by atoms with van der Waals surface area (Å²) in [4.78, 5) is 13.5. The predicted octanol–water partition coefficient (Wildman–Crippen LogP) is 4.46. The second kappa shape index (κ2) is 6.12. The fourth-order valence-corrected chi connectivity index (χ4v) is 2.62. The van der Waals surface area contributed by atoms with E-state index in [1.54, 1.807) is 18.7 Å². The Morgan fingerprint density at radius 3 is 2.71 bits per heavy atom. The monoisotopic (exact) mass is 316 g/mol. The molecular weight excluding hydrogens is 300 g/mol. The molecular formula is C19H16N4O. The topological polar surface area (TPSA) is 63.8 Å². The molecule has 0 aliphatic heterocycles. The largest absolute Gasteiger partial charge is 0.467 e. The van der Waals surface area contributed by atoms with Gasteiger partial charge in [-0.3, -0.25) is 4.98 Å². The van der Waals surface area contributed by atoms with E-state index < -0.39 is 0 Å². The van der Waals surface area contributed by atoms with E-state index in [-0.39, 0.29) is 6.04 Å². The first-order valence-corrected chi connectivity index (χ1v) is 7.78. The molecule has 0 amide bonds. The van der Waals surface area contributed by atoms with Crippen LogP contribution in [0.4, 0.5) is 5.82 Å². The normalized spacial score (nSPS) is 12.2. The van der Waals surface area contributed by atoms with Crippen LogP contribution in [0.25, 0.3) is 22.3 Å². The number of para-hydroxylation sites is 1. The molecule has 0 saturated carbocycles. The van der Waals surface area contributed by atoms with Crippen LogP contribution in [-0.4, -0.2) is 15.0 Å². The number of nitrogens with one attached hydrogen (secondary N) is 1. The standard InChI is InChI=1S/C19H16N4O/c1-13(17-9-5-11-24-17)21-19-15-7-2-3-8-16(15)22-18(23-19)14-6-4-10-20-12-14/h2-13H,1H3,(H,21,22,23)/t13-/m0/s1. The maximum Gasteiger partial charge on any atom is 0.163 e. The smallest absolute Gasteiger partial charge is 0.163 e. The number of furan rings is 1. The van der Waals surface area contributed by atoms with E-state index in [1.807, 2.05) is 55.5 Å². The molecule has 5 heteroatoms. The van der Waals surface area contributed by atoms with Gasteiger partial charge in [-0.25, -0.2) is 9.97 Å². The molecule has 1 N–H and O–H groups in total. The van der Waals surface area contributed by atoms with Crippen molar-refractivity contribution in [2.75, 3.05) is 5.32 Å². The molecule has 0 aliphatic rings. The molecule has 3 heterocycles. The van der Waals surface area contributed by atoms with Crippen molar-refractivity contribution < 1.29 is 4.42 Å². The molecule has 4 aromatic rings. The Bertz CT molecular complexity index is 952. The molecule has 118 valence electrons. The number of nitrogens with zero attached hydrogens (tertiary/aromatic N) is 3. The van der Waals surface area contributed by atoms with Crippen LogP contribution in [0.15, 0.2) is 71.6 Å². The van der Waals surface area contributed by atoms with Crippen LogP contribution in [-0.2, 0) is 0 Å². The molecule has 0 fully saturated rings. The minimum Gasteiger partial charge on any atom is -0.467 e. The van der Waals surface area contributed by atoms with E-state index in [1.165, 1.54) is 0 Å². The van der Waals surface area contributed by atoms with E-state index >= 15 is 0 Å². The minimum atomic E-state index is 0.0000504. The van der Waals surface area contributed by atoms with Crippen LogP contribution >= 0.6 is 0 Å². The fraction of sp³-hybridized carbons (Fsp3) is 0.105. The lowest BCUT2D eigenvalue weighted by molar-refractivity contribution is 0.490. The summed E-state index contributed by atoms with van der Waals surface area (Å²) in [6, 6.07) is 15.6. The lowest BCUT2D eigenvalue weighted by Crippen LogP contribution is -2.08. The zero-order valence-electron chi connectivity index (χ0n) is 13.2. The van der Waals surface area contributed by atoms with Crippen LogP contribution in [0.5, 0.6) is 0 Å². The molecule has 1 atom stereocenters. The average Bonchev–Trinajstić information content (AvgIpc) is 3.17. The van der Waals surface area contributed by atoms with Gasteiger partial charge in [0.05, 0.1) is 17.8 Å². The Hall–Kier alpha value is -3.21. The molecule has 0 unspecified atom stereocenters. The van der Waals surface area contributed by atoms with Crippen LogP contribution in [0.2, 0.25) is 0 Å². The highest BCUT2D eigenvalue weighted by molar-refractivity contribution is 5.90. The van der Waals surface area contributed by atoms with Crippen molar-refractivity contribution in [2.45, 2.75) is 13.0 Å². The summed E-state index contributed by atoms with van der Waals surface area (Å²) in [5.74, 6) is 2.29. The fourth-order valence-electron chi connectivity index (χ4n) is 2.62. The second-order valence-electron chi connectivity index (χ2n) is 5.54. The first-order chi connectivity index (χ1) is 11.8. The van der Waals surface area contributed by atoms with Crippen LogP contribution in [0, 0.1) is 0 Å². The number of pyridine rings is 1. The number of anilines is 1. The van der Waals surface area contributed by atoms with Crippen LogP contribution in [0.3, 0.4) is 0 Å². The van der Waals surface area contributed by atoms with Gasteiger partial charge in [-0.1, -0.05) is 12.1 Å². The van der Waals surface area contributed by atoms with Crippen molar-refractivity contribution in [3.8, 4) is 11.4 Å². The van der Waals surface area contributed by atoms with Crippen molar-refractivity contribution in [1.29, 1.82) is 0 Å². The lowest BCUT2D eigenvalue weighted by atomic mass is 10.2. The van der Waals surface area contributed by atoms with Crippen LogP contribution < -0.4 is 5.32 Å². The third-order valence-corrected chi connectivity index (χ3v) is 3.85. The number of rotatable bonds is 4. The molecule has 0 saturated heterocycles. The number of benzene rings is 1. The molecule has 0 radical (unpaired) electrons. The van der Waals surface area contributed by atoms with Gasteiger partial charge in [0.2, 0.25) is 0 Å². The van der Waals surface area contributed by atoms with E-state index in [0.717, 1.165) is 28.0 Å². The molecule has 3 aromatic heterocycles. The van der Waals surface area contributed by atoms with E-state index in [0.29, 0.717) is 5.82 Å². The Kier molecular flexibility index (Phi) is 3.67. The van der Waals surface area contributed by atoms with Crippen molar-refractivity contribution in [3.63, 3.8) is 0 Å². The maximum absolute atomic E-state index is 5.48. The molecule has 4 rings (SSSR count). The second-order valence-corrected chi connectivity index (χ2v) is 5.54.